The lowest BCUT2D eigenvalue weighted by molar-refractivity contribution is -0.385. The van der Waals surface area contributed by atoms with Crippen LogP contribution >= 0.6 is 0 Å². The second kappa shape index (κ2) is 5.83. The summed E-state index contributed by atoms with van der Waals surface area (Å²) < 4.78 is 4.81. The standard InChI is InChI=1S/C11H14N2O4/c1-3-8-4-5-10(13(15)16)9(6-8)7-17-11(14)12-2/h4-6H,3,7H2,1-2H3,(H,12,14). The third kappa shape index (κ3) is 3.44. The van der Waals surface area contributed by atoms with Gasteiger partial charge < -0.3 is 10.1 Å². The number of aryl methyl sites for hydroxylation is 1. The molecule has 0 spiro atoms. The van der Waals surface area contributed by atoms with Crippen molar-refractivity contribution < 1.29 is 14.5 Å². The smallest absolute Gasteiger partial charge is 0.407 e. The van der Waals surface area contributed by atoms with E-state index in [0.717, 1.165) is 12.0 Å². The summed E-state index contributed by atoms with van der Waals surface area (Å²) in [7, 11) is 1.43. The number of alkyl carbamates (subject to hydrolysis) is 1. The largest absolute Gasteiger partial charge is 0.444 e. The Morgan fingerprint density at radius 1 is 1.53 bits per heavy atom. The van der Waals surface area contributed by atoms with Crippen molar-refractivity contribution in [2.45, 2.75) is 20.0 Å². The molecule has 1 aromatic carbocycles. The van der Waals surface area contributed by atoms with Crippen molar-refractivity contribution >= 4 is 11.8 Å². The van der Waals surface area contributed by atoms with Crippen molar-refractivity contribution in [1.29, 1.82) is 0 Å². The van der Waals surface area contributed by atoms with Gasteiger partial charge in [-0.3, -0.25) is 10.1 Å². The highest BCUT2D eigenvalue weighted by Crippen LogP contribution is 2.21. The second-order valence-electron chi connectivity index (χ2n) is 3.40. The monoisotopic (exact) mass is 238 g/mol. The van der Waals surface area contributed by atoms with Gasteiger partial charge in [-0.25, -0.2) is 4.79 Å². The van der Waals surface area contributed by atoms with Crippen molar-refractivity contribution in [3.63, 3.8) is 0 Å². The van der Waals surface area contributed by atoms with Crippen molar-refractivity contribution in [3.8, 4) is 0 Å². The fourth-order valence-electron chi connectivity index (χ4n) is 1.37. The Kier molecular flexibility index (Phi) is 4.45. The minimum atomic E-state index is -0.610. The highest BCUT2D eigenvalue weighted by molar-refractivity contribution is 5.66. The third-order valence-corrected chi connectivity index (χ3v) is 2.31. The number of nitro groups is 1. The first-order chi connectivity index (χ1) is 8.08. The van der Waals surface area contributed by atoms with Gasteiger partial charge in [0.2, 0.25) is 0 Å². The average molecular weight is 238 g/mol. The minimum absolute atomic E-state index is 0.0360. The maximum absolute atomic E-state index is 10.9. The van der Waals surface area contributed by atoms with Crippen LogP contribution in [-0.2, 0) is 17.8 Å². The summed E-state index contributed by atoms with van der Waals surface area (Å²) in [6.07, 6.45) is 0.159. The van der Waals surface area contributed by atoms with Gasteiger partial charge in [0.05, 0.1) is 10.5 Å². The molecule has 0 aliphatic heterocycles. The van der Waals surface area contributed by atoms with Gasteiger partial charge in [0.15, 0.2) is 0 Å². The van der Waals surface area contributed by atoms with Gasteiger partial charge in [-0.05, 0) is 18.1 Å². The molecule has 1 N–H and O–H groups in total. The number of rotatable bonds is 4. The Labute approximate surface area is 98.7 Å². The number of hydrogen-bond acceptors (Lipinski definition) is 4. The van der Waals surface area contributed by atoms with Gasteiger partial charge in [0.25, 0.3) is 5.69 Å². The van der Waals surface area contributed by atoms with Gasteiger partial charge in [0, 0.05) is 13.1 Å². The van der Waals surface area contributed by atoms with Gasteiger partial charge in [-0.1, -0.05) is 13.0 Å². The van der Waals surface area contributed by atoms with E-state index in [1.54, 1.807) is 12.1 Å². The van der Waals surface area contributed by atoms with Gasteiger partial charge in [0.1, 0.15) is 6.61 Å². The fourth-order valence-corrected chi connectivity index (χ4v) is 1.37. The van der Waals surface area contributed by atoms with E-state index in [4.69, 9.17) is 4.74 Å². The van der Waals surface area contributed by atoms with Crippen LogP contribution < -0.4 is 5.32 Å². The number of benzene rings is 1. The first-order valence-electron chi connectivity index (χ1n) is 5.19. The molecule has 0 atom stereocenters. The van der Waals surface area contributed by atoms with Gasteiger partial charge in [-0.2, -0.15) is 0 Å². The molecule has 0 bridgehead atoms. The minimum Gasteiger partial charge on any atom is -0.444 e. The summed E-state index contributed by atoms with van der Waals surface area (Å²) in [6.45, 7) is 1.84. The van der Waals surface area contributed by atoms with Crippen LogP contribution in [0, 0.1) is 10.1 Å². The number of nitrogens with zero attached hydrogens (tertiary/aromatic N) is 1. The highest BCUT2D eigenvalue weighted by atomic mass is 16.6. The normalized spacial score (nSPS) is 9.76. The lowest BCUT2D eigenvalue weighted by Gasteiger charge is -2.06. The maximum Gasteiger partial charge on any atom is 0.407 e. The van der Waals surface area contributed by atoms with Gasteiger partial charge >= 0.3 is 6.09 Å². The van der Waals surface area contributed by atoms with Crippen molar-refractivity contribution in [3.05, 3.63) is 39.4 Å². The zero-order chi connectivity index (χ0) is 12.8. The van der Waals surface area contributed by atoms with Crippen LogP contribution in [0.1, 0.15) is 18.1 Å². The molecule has 17 heavy (non-hydrogen) atoms. The Balaban J connectivity index is 2.93. The van der Waals surface area contributed by atoms with Gasteiger partial charge in [-0.15, -0.1) is 0 Å². The van der Waals surface area contributed by atoms with Crippen molar-refractivity contribution in [2.24, 2.45) is 0 Å². The molecule has 0 radical (unpaired) electrons. The molecule has 6 nitrogen and oxygen atoms in total. The average Bonchev–Trinajstić information content (AvgIpc) is 2.35. The molecule has 0 aromatic heterocycles. The zero-order valence-electron chi connectivity index (χ0n) is 9.73. The molecule has 1 amide bonds. The number of carbonyl (C=O) groups excluding carboxylic acids is 1. The van der Waals surface area contributed by atoms with Crippen LogP contribution in [0.3, 0.4) is 0 Å². The van der Waals surface area contributed by atoms with E-state index in [1.165, 1.54) is 13.1 Å². The number of carbonyl (C=O) groups is 1. The second-order valence-corrected chi connectivity index (χ2v) is 3.40. The number of nitrogens with one attached hydrogen (secondary N) is 1. The summed E-state index contributed by atoms with van der Waals surface area (Å²) in [6, 6.07) is 4.81. The van der Waals surface area contributed by atoms with Crippen LogP contribution in [0.2, 0.25) is 0 Å². The molecule has 0 aliphatic carbocycles. The number of amides is 1. The molecule has 1 rings (SSSR count). The third-order valence-electron chi connectivity index (χ3n) is 2.31. The van der Waals surface area contributed by atoms with E-state index in [-0.39, 0.29) is 12.3 Å². The van der Waals surface area contributed by atoms with E-state index < -0.39 is 11.0 Å². The lowest BCUT2D eigenvalue weighted by Crippen LogP contribution is -2.19. The number of nitro benzene ring substituents is 1. The molecule has 1 aromatic rings. The van der Waals surface area contributed by atoms with E-state index in [0.29, 0.717) is 5.56 Å². The van der Waals surface area contributed by atoms with E-state index in [1.807, 2.05) is 6.92 Å². The Morgan fingerprint density at radius 2 is 2.24 bits per heavy atom. The Bertz CT molecular complexity index is 431. The van der Waals surface area contributed by atoms with E-state index >= 15 is 0 Å². The molecule has 0 saturated carbocycles. The molecule has 0 aliphatic rings. The van der Waals surface area contributed by atoms with Crippen molar-refractivity contribution in [1.82, 2.24) is 5.32 Å². The van der Waals surface area contributed by atoms with Crippen molar-refractivity contribution in [2.75, 3.05) is 7.05 Å². The summed E-state index contributed by atoms with van der Waals surface area (Å²) in [5, 5.41) is 13.1. The summed E-state index contributed by atoms with van der Waals surface area (Å²) in [4.78, 5) is 21.2. The Morgan fingerprint density at radius 3 is 2.76 bits per heavy atom. The predicted molar refractivity (Wildman–Crippen MR) is 61.7 cm³/mol. The van der Waals surface area contributed by atoms with E-state index in [9.17, 15) is 14.9 Å². The summed E-state index contributed by atoms with van der Waals surface area (Å²) >= 11 is 0. The first-order valence-corrected chi connectivity index (χ1v) is 5.19. The van der Waals surface area contributed by atoms with Crippen LogP contribution in [0.15, 0.2) is 18.2 Å². The maximum atomic E-state index is 10.9. The van der Waals surface area contributed by atoms with Crippen LogP contribution in [0.4, 0.5) is 10.5 Å². The SMILES string of the molecule is CCc1ccc([N+](=O)[O-])c(COC(=O)NC)c1. The van der Waals surface area contributed by atoms with Crippen LogP contribution in [0.5, 0.6) is 0 Å². The summed E-state index contributed by atoms with van der Waals surface area (Å²) in [5.74, 6) is 0. The first kappa shape index (κ1) is 13.0. The molecule has 0 heterocycles. The fraction of sp³-hybridized carbons (Fsp3) is 0.364. The highest BCUT2D eigenvalue weighted by Gasteiger charge is 2.15. The molecular formula is C11H14N2O4. The molecular weight excluding hydrogens is 224 g/mol. The van der Waals surface area contributed by atoms with Crippen LogP contribution in [-0.4, -0.2) is 18.1 Å². The molecule has 0 saturated heterocycles. The molecule has 0 fully saturated rings. The van der Waals surface area contributed by atoms with E-state index in [2.05, 4.69) is 5.32 Å². The molecule has 92 valence electrons. The number of ether oxygens (including phenoxy) is 1. The zero-order valence-corrected chi connectivity index (χ0v) is 9.73. The Hall–Kier alpha value is -2.11. The molecule has 6 heteroatoms. The quantitative estimate of drug-likeness (QED) is 0.642. The lowest BCUT2D eigenvalue weighted by atomic mass is 10.1. The topological polar surface area (TPSA) is 81.5 Å². The number of hydrogen-bond donors (Lipinski definition) is 1. The van der Waals surface area contributed by atoms with Crippen LogP contribution in [0.25, 0.3) is 0 Å². The predicted octanol–water partition coefficient (Wildman–Crippen LogP) is 2.01. The molecule has 0 unspecified atom stereocenters. The summed E-state index contributed by atoms with van der Waals surface area (Å²) in [5.41, 5.74) is 1.33.